The maximum absolute atomic E-state index is 11.9. The molecular weight excluding hydrogens is 288 g/mol. The molecule has 7 heteroatoms. The van der Waals surface area contributed by atoms with Gasteiger partial charge in [0, 0.05) is 13.0 Å². The van der Waals surface area contributed by atoms with Crippen LogP contribution in [0.3, 0.4) is 0 Å². The molecule has 1 atom stereocenters. The first-order valence-corrected chi connectivity index (χ1v) is 7.14. The number of rotatable bonds is 8. The first-order chi connectivity index (χ1) is 10.4. The minimum absolute atomic E-state index is 0.0583. The number of esters is 1. The Morgan fingerprint density at radius 3 is 2.64 bits per heavy atom. The molecule has 1 aromatic rings. The molecule has 1 unspecified atom stereocenters. The smallest absolute Gasteiger partial charge is 0.331 e. The van der Waals surface area contributed by atoms with Crippen LogP contribution in [0.15, 0.2) is 22.8 Å². The molecule has 0 aromatic carbocycles. The van der Waals surface area contributed by atoms with Crippen molar-refractivity contribution >= 4 is 17.8 Å². The van der Waals surface area contributed by atoms with Crippen LogP contribution in [0, 0.1) is 0 Å². The Balaban J connectivity index is 2.44. The van der Waals surface area contributed by atoms with Crippen LogP contribution in [0.25, 0.3) is 0 Å². The summed E-state index contributed by atoms with van der Waals surface area (Å²) < 4.78 is 9.66. The molecule has 1 rings (SSSR count). The number of hydrogen-bond acceptors (Lipinski definition) is 5. The minimum Gasteiger partial charge on any atom is -0.467 e. The standard InChI is InChI=1S/C15H22N2O5/c1-4-8-15(2,14(20)21-3)17-12(18)7-9-16-13(19)11-6-5-10-22-11/h5-6,10H,4,7-9H2,1-3H3,(H,16,19)(H,17,18). The zero-order chi connectivity index (χ0) is 16.6. The van der Waals surface area contributed by atoms with E-state index in [4.69, 9.17) is 9.15 Å². The van der Waals surface area contributed by atoms with Gasteiger partial charge in [-0.05, 0) is 25.5 Å². The minimum atomic E-state index is -1.05. The van der Waals surface area contributed by atoms with E-state index in [1.54, 1.807) is 13.0 Å². The van der Waals surface area contributed by atoms with Gasteiger partial charge >= 0.3 is 5.97 Å². The summed E-state index contributed by atoms with van der Waals surface area (Å²) in [5, 5.41) is 5.23. The first-order valence-electron chi connectivity index (χ1n) is 7.14. The third-order valence-electron chi connectivity index (χ3n) is 3.18. The fourth-order valence-corrected chi connectivity index (χ4v) is 2.10. The van der Waals surface area contributed by atoms with Gasteiger partial charge < -0.3 is 19.8 Å². The van der Waals surface area contributed by atoms with E-state index in [0.29, 0.717) is 6.42 Å². The molecule has 0 saturated carbocycles. The van der Waals surface area contributed by atoms with E-state index in [9.17, 15) is 14.4 Å². The average Bonchev–Trinajstić information content (AvgIpc) is 3.00. The summed E-state index contributed by atoms with van der Waals surface area (Å²) in [6.07, 6.45) is 2.65. The zero-order valence-electron chi connectivity index (χ0n) is 13.1. The second-order valence-electron chi connectivity index (χ2n) is 5.11. The zero-order valence-corrected chi connectivity index (χ0v) is 13.1. The molecule has 22 heavy (non-hydrogen) atoms. The second-order valence-corrected chi connectivity index (χ2v) is 5.11. The third-order valence-corrected chi connectivity index (χ3v) is 3.18. The van der Waals surface area contributed by atoms with Gasteiger partial charge in [0.2, 0.25) is 5.91 Å². The molecule has 0 aliphatic rings. The van der Waals surface area contributed by atoms with Crippen LogP contribution < -0.4 is 10.6 Å². The summed E-state index contributed by atoms with van der Waals surface area (Å²) in [5.74, 6) is -1.02. The van der Waals surface area contributed by atoms with Crippen LogP contribution in [-0.2, 0) is 14.3 Å². The van der Waals surface area contributed by atoms with Gasteiger partial charge in [0.25, 0.3) is 5.91 Å². The number of hydrogen-bond donors (Lipinski definition) is 2. The maximum Gasteiger partial charge on any atom is 0.331 e. The summed E-state index contributed by atoms with van der Waals surface area (Å²) in [4.78, 5) is 35.3. The molecule has 0 saturated heterocycles. The molecular formula is C15H22N2O5. The highest BCUT2D eigenvalue weighted by Crippen LogP contribution is 2.14. The number of methoxy groups -OCH3 is 1. The molecule has 0 radical (unpaired) electrons. The lowest BCUT2D eigenvalue weighted by Gasteiger charge is -2.27. The monoisotopic (exact) mass is 310 g/mol. The molecule has 0 aliphatic heterocycles. The number of furan rings is 1. The highest BCUT2D eigenvalue weighted by molar-refractivity contribution is 5.92. The molecule has 1 heterocycles. The van der Waals surface area contributed by atoms with Gasteiger partial charge in [-0.3, -0.25) is 9.59 Å². The SMILES string of the molecule is CCCC(C)(NC(=O)CCNC(=O)c1ccco1)C(=O)OC. The van der Waals surface area contributed by atoms with Crippen LogP contribution >= 0.6 is 0 Å². The van der Waals surface area contributed by atoms with Gasteiger partial charge in [-0.1, -0.05) is 13.3 Å². The summed E-state index contributed by atoms with van der Waals surface area (Å²) in [7, 11) is 1.28. The lowest BCUT2D eigenvalue weighted by atomic mass is 9.96. The topological polar surface area (TPSA) is 97.6 Å². The molecule has 1 aromatic heterocycles. The molecule has 0 fully saturated rings. The van der Waals surface area contributed by atoms with Crippen molar-refractivity contribution < 1.29 is 23.5 Å². The Bertz CT molecular complexity index is 512. The Morgan fingerprint density at radius 1 is 1.36 bits per heavy atom. The van der Waals surface area contributed by atoms with E-state index < -0.39 is 11.5 Å². The van der Waals surface area contributed by atoms with Crippen LogP contribution in [0.1, 0.15) is 43.7 Å². The lowest BCUT2D eigenvalue weighted by molar-refractivity contribution is -0.150. The predicted molar refractivity (Wildman–Crippen MR) is 79.1 cm³/mol. The van der Waals surface area contributed by atoms with Crippen LogP contribution in [0.2, 0.25) is 0 Å². The summed E-state index contributed by atoms with van der Waals surface area (Å²) >= 11 is 0. The Morgan fingerprint density at radius 2 is 2.09 bits per heavy atom. The van der Waals surface area contributed by atoms with Crippen LogP contribution in [-0.4, -0.2) is 37.0 Å². The molecule has 7 nitrogen and oxygen atoms in total. The van der Waals surface area contributed by atoms with Gasteiger partial charge in [0.1, 0.15) is 5.54 Å². The van der Waals surface area contributed by atoms with E-state index in [1.807, 2.05) is 6.92 Å². The van der Waals surface area contributed by atoms with Crippen molar-refractivity contribution in [1.82, 2.24) is 10.6 Å². The maximum atomic E-state index is 11.9. The van der Waals surface area contributed by atoms with Crippen molar-refractivity contribution in [3.63, 3.8) is 0 Å². The lowest BCUT2D eigenvalue weighted by Crippen LogP contribution is -2.53. The number of ether oxygens (including phenoxy) is 1. The van der Waals surface area contributed by atoms with Crippen molar-refractivity contribution in [2.75, 3.05) is 13.7 Å². The number of amides is 2. The van der Waals surface area contributed by atoms with E-state index in [-0.39, 0.29) is 30.5 Å². The van der Waals surface area contributed by atoms with Crippen molar-refractivity contribution in [3.8, 4) is 0 Å². The molecule has 0 spiro atoms. The Hall–Kier alpha value is -2.31. The molecule has 2 N–H and O–H groups in total. The van der Waals surface area contributed by atoms with Gasteiger partial charge in [-0.2, -0.15) is 0 Å². The second kappa shape index (κ2) is 8.21. The number of carbonyl (C=O) groups excluding carboxylic acids is 3. The number of nitrogens with one attached hydrogen (secondary N) is 2. The van der Waals surface area contributed by atoms with Crippen LogP contribution in [0.4, 0.5) is 0 Å². The normalized spacial score (nSPS) is 13.0. The molecule has 2 amide bonds. The quantitative estimate of drug-likeness (QED) is 0.704. The highest BCUT2D eigenvalue weighted by Gasteiger charge is 2.34. The predicted octanol–water partition coefficient (Wildman–Crippen LogP) is 1.25. The van der Waals surface area contributed by atoms with Gasteiger partial charge in [-0.15, -0.1) is 0 Å². The van der Waals surface area contributed by atoms with E-state index >= 15 is 0 Å². The van der Waals surface area contributed by atoms with E-state index in [1.165, 1.54) is 19.4 Å². The third kappa shape index (κ3) is 4.91. The average molecular weight is 310 g/mol. The van der Waals surface area contributed by atoms with Crippen molar-refractivity contribution in [1.29, 1.82) is 0 Å². The fraction of sp³-hybridized carbons (Fsp3) is 0.533. The molecule has 122 valence electrons. The molecule has 0 bridgehead atoms. The van der Waals surface area contributed by atoms with Crippen molar-refractivity contribution in [2.24, 2.45) is 0 Å². The fourth-order valence-electron chi connectivity index (χ4n) is 2.10. The van der Waals surface area contributed by atoms with Gasteiger partial charge in [-0.25, -0.2) is 4.79 Å². The summed E-state index contributed by atoms with van der Waals surface area (Å²) in [6.45, 7) is 3.69. The highest BCUT2D eigenvalue weighted by atomic mass is 16.5. The molecule has 0 aliphatic carbocycles. The summed E-state index contributed by atoms with van der Waals surface area (Å²) in [6, 6.07) is 3.14. The summed E-state index contributed by atoms with van der Waals surface area (Å²) in [5.41, 5.74) is -1.05. The van der Waals surface area contributed by atoms with E-state index in [0.717, 1.165) is 6.42 Å². The van der Waals surface area contributed by atoms with Crippen LogP contribution in [0.5, 0.6) is 0 Å². The van der Waals surface area contributed by atoms with Crippen molar-refractivity contribution in [2.45, 2.75) is 38.6 Å². The van der Waals surface area contributed by atoms with E-state index in [2.05, 4.69) is 10.6 Å². The van der Waals surface area contributed by atoms with Gasteiger partial charge in [0.15, 0.2) is 5.76 Å². The first kappa shape index (κ1) is 17.7. The largest absolute Gasteiger partial charge is 0.467 e. The van der Waals surface area contributed by atoms with Crippen molar-refractivity contribution in [3.05, 3.63) is 24.2 Å². The Kier molecular flexibility index (Phi) is 6.62. The van der Waals surface area contributed by atoms with Gasteiger partial charge in [0.05, 0.1) is 13.4 Å². The number of carbonyl (C=O) groups is 3. The Labute approximate surface area is 129 Å².